The Bertz CT molecular complexity index is 909. The van der Waals surface area contributed by atoms with E-state index in [1.54, 1.807) is 17.0 Å². The first kappa shape index (κ1) is 20.4. The van der Waals surface area contributed by atoms with E-state index >= 15 is 0 Å². The number of nitrogens with zero attached hydrogens (tertiary/aromatic N) is 1. The van der Waals surface area contributed by atoms with E-state index in [0.29, 0.717) is 17.4 Å². The number of methoxy groups -OCH3 is 1. The molecule has 0 radical (unpaired) electrons. The molecule has 0 unspecified atom stereocenters. The Hall–Kier alpha value is -1.87. The van der Waals surface area contributed by atoms with Crippen LogP contribution in [0.15, 0.2) is 47.9 Å². The van der Waals surface area contributed by atoms with Gasteiger partial charge in [0, 0.05) is 17.0 Å². The number of carbonyl (C=O) groups is 1. The first-order chi connectivity index (χ1) is 12.3. The molecular weight excluding hydrogens is 396 g/mol. The number of ether oxygens (including phenoxy) is 1. The van der Waals surface area contributed by atoms with Crippen LogP contribution in [-0.4, -0.2) is 39.9 Å². The predicted molar refractivity (Wildman–Crippen MR) is 104 cm³/mol. The topological polar surface area (TPSA) is 75.7 Å². The van der Waals surface area contributed by atoms with Gasteiger partial charge in [-0.05, 0) is 37.4 Å². The maximum atomic E-state index is 12.9. The van der Waals surface area contributed by atoms with Gasteiger partial charge in [-0.15, -0.1) is 17.9 Å². The van der Waals surface area contributed by atoms with Crippen molar-refractivity contribution in [3.8, 4) is 5.75 Å². The van der Waals surface area contributed by atoms with Gasteiger partial charge in [0.1, 0.15) is 10.6 Å². The summed E-state index contributed by atoms with van der Waals surface area (Å²) in [5.74, 6) is -0.152. The maximum Gasteiger partial charge on any atom is 0.254 e. The van der Waals surface area contributed by atoms with E-state index in [9.17, 15) is 13.2 Å². The van der Waals surface area contributed by atoms with Crippen LogP contribution in [0.3, 0.4) is 0 Å². The summed E-state index contributed by atoms with van der Waals surface area (Å²) in [7, 11) is -1.10. The molecule has 0 saturated carbocycles. The standard InChI is InChI=1S/C17H19ClN2O4S2/c1-4-9-20(11-13-6-8-16(18)25-13)17(21)12-5-7-14(24-3)15(10-12)26(22,23)19-2/h4-8,10,19H,1,9,11H2,2-3H3. The molecule has 0 saturated heterocycles. The molecule has 0 bridgehead atoms. The molecule has 6 nitrogen and oxygen atoms in total. The van der Waals surface area contributed by atoms with E-state index in [1.165, 1.54) is 43.7 Å². The second kappa shape index (κ2) is 8.68. The minimum atomic E-state index is -3.77. The van der Waals surface area contributed by atoms with Crippen molar-refractivity contribution in [2.24, 2.45) is 0 Å². The normalized spacial score (nSPS) is 11.2. The van der Waals surface area contributed by atoms with E-state index in [1.807, 2.05) is 6.07 Å². The van der Waals surface area contributed by atoms with Gasteiger partial charge < -0.3 is 9.64 Å². The highest BCUT2D eigenvalue weighted by molar-refractivity contribution is 7.89. The fourth-order valence-electron chi connectivity index (χ4n) is 2.31. The van der Waals surface area contributed by atoms with E-state index in [-0.39, 0.29) is 22.1 Å². The summed E-state index contributed by atoms with van der Waals surface area (Å²) >= 11 is 7.33. The molecule has 1 amide bonds. The summed E-state index contributed by atoms with van der Waals surface area (Å²) in [4.78, 5) is 15.3. The number of rotatable bonds is 8. The Labute approximate surface area is 162 Å². The number of hydrogen-bond donors (Lipinski definition) is 1. The third-order valence-electron chi connectivity index (χ3n) is 3.58. The van der Waals surface area contributed by atoms with Crippen molar-refractivity contribution >= 4 is 38.9 Å². The number of sulfonamides is 1. The largest absolute Gasteiger partial charge is 0.495 e. The van der Waals surface area contributed by atoms with Crippen LogP contribution in [-0.2, 0) is 16.6 Å². The number of nitrogens with one attached hydrogen (secondary N) is 1. The zero-order chi connectivity index (χ0) is 19.3. The highest BCUT2D eigenvalue weighted by Crippen LogP contribution is 2.27. The van der Waals surface area contributed by atoms with Crippen LogP contribution in [0, 0.1) is 0 Å². The lowest BCUT2D eigenvalue weighted by Crippen LogP contribution is -2.30. The number of hydrogen-bond acceptors (Lipinski definition) is 5. The minimum Gasteiger partial charge on any atom is -0.495 e. The van der Waals surface area contributed by atoms with Crippen molar-refractivity contribution in [2.75, 3.05) is 20.7 Å². The summed E-state index contributed by atoms with van der Waals surface area (Å²) in [5.41, 5.74) is 0.240. The molecule has 1 N–H and O–H groups in total. The zero-order valence-electron chi connectivity index (χ0n) is 14.4. The number of thiophene rings is 1. The molecule has 2 rings (SSSR count). The lowest BCUT2D eigenvalue weighted by molar-refractivity contribution is 0.0764. The van der Waals surface area contributed by atoms with E-state index in [4.69, 9.17) is 16.3 Å². The van der Waals surface area contributed by atoms with Gasteiger partial charge in [-0.25, -0.2) is 13.1 Å². The van der Waals surface area contributed by atoms with Crippen LogP contribution in [0.25, 0.3) is 0 Å². The van der Waals surface area contributed by atoms with E-state index < -0.39 is 10.0 Å². The Morgan fingerprint density at radius 2 is 2.12 bits per heavy atom. The molecule has 9 heteroatoms. The molecule has 0 atom stereocenters. The highest BCUT2D eigenvalue weighted by Gasteiger charge is 2.22. The van der Waals surface area contributed by atoms with Crippen LogP contribution in [0.2, 0.25) is 4.34 Å². The van der Waals surface area contributed by atoms with Crippen LogP contribution < -0.4 is 9.46 Å². The summed E-state index contributed by atoms with van der Waals surface area (Å²) in [6, 6.07) is 7.92. The molecular formula is C17H19ClN2O4S2. The van der Waals surface area contributed by atoms with Crippen LogP contribution in [0.1, 0.15) is 15.2 Å². The minimum absolute atomic E-state index is 0.0916. The molecule has 26 heavy (non-hydrogen) atoms. The lowest BCUT2D eigenvalue weighted by atomic mass is 10.2. The van der Waals surface area contributed by atoms with Crippen molar-refractivity contribution in [1.82, 2.24) is 9.62 Å². The lowest BCUT2D eigenvalue weighted by Gasteiger charge is -2.21. The molecule has 1 aromatic carbocycles. The molecule has 0 aliphatic rings. The predicted octanol–water partition coefficient (Wildman–Crippen LogP) is 3.15. The third-order valence-corrected chi connectivity index (χ3v) is 6.23. The van der Waals surface area contributed by atoms with Crippen LogP contribution in [0.4, 0.5) is 0 Å². The molecule has 0 aliphatic heterocycles. The van der Waals surface area contributed by atoms with Crippen molar-refractivity contribution in [3.05, 3.63) is 57.8 Å². The third kappa shape index (κ3) is 4.64. The summed E-state index contributed by atoms with van der Waals surface area (Å²) in [6.07, 6.45) is 1.61. The fraction of sp³-hybridized carbons (Fsp3) is 0.235. The number of halogens is 1. The smallest absolute Gasteiger partial charge is 0.254 e. The van der Waals surface area contributed by atoms with Crippen molar-refractivity contribution < 1.29 is 17.9 Å². The number of benzene rings is 1. The monoisotopic (exact) mass is 414 g/mol. The molecule has 1 aromatic heterocycles. The maximum absolute atomic E-state index is 12.9. The van der Waals surface area contributed by atoms with Crippen LogP contribution >= 0.6 is 22.9 Å². The Morgan fingerprint density at radius 3 is 2.65 bits per heavy atom. The first-order valence-corrected chi connectivity index (χ1v) is 10.3. The van der Waals surface area contributed by atoms with Gasteiger partial charge in [0.15, 0.2) is 0 Å². The molecule has 0 fully saturated rings. The summed E-state index contributed by atoms with van der Waals surface area (Å²) in [6.45, 7) is 4.34. The molecule has 1 heterocycles. The first-order valence-electron chi connectivity index (χ1n) is 7.58. The van der Waals surface area contributed by atoms with Gasteiger partial charge in [0.05, 0.1) is 18.0 Å². The Balaban J connectivity index is 2.39. The average Bonchev–Trinajstić information content (AvgIpc) is 3.05. The van der Waals surface area contributed by atoms with Gasteiger partial charge in [0.25, 0.3) is 5.91 Å². The Kier molecular flexibility index (Phi) is 6.82. The molecule has 0 spiro atoms. The molecule has 140 valence electrons. The molecule has 2 aromatic rings. The quantitative estimate of drug-likeness (QED) is 0.673. The van der Waals surface area contributed by atoms with E-state index in [0.717, 1.165) is 4.88 Å². The zero-order valence-corrected chi connectivity index (χ0v) is 16.7. The van der Waals surface area contributed by atoms with Gasteiger partial charge in [0.2, 0.25) is 10.0 Å². The number of carbonyl (C=O) groups excluding carboxylic acids is 1. The summed E-state index contributed by atoms with van der Waals surface area (Å²) < 4.78 is 32.4. The van der Waals surface area contributed by atoms with Crippen molar-refractivity contribution in [3.63, 3.8) is 0 Å². The van der Waals surface area contributed by atoms with Gasteiger partial charge >= 0.3 is 0 Å². The Morgan fingerprint density at radius 1 is 1.38 bits per heavy atom. The second-order valence-electron chi connectivity index (χ2n) is 5.25. The number of amides is 1. The van der Waals surface area contributed by atoms with Crippen molar-refractivity contribution in [2.45, 2.75) is 11.4 Å². The fourth-order valence-corrected chi connectivity index (χ4v) is 4.33. The summed E-state index contributed by atoms with van der Waals surface area (Å²) in [5, 5.41) is 0. The van der Waals surface area contributed by atoms with E-state index in [2.05, 4.69) is 11.3 Å². The van der Waals surface area contributed by atoms with Crippen molar-refractivity contribution in [1.29, 1.82) is 0 Å². The highest BCUT2D eigenvalue weighted by atomic mass is 35.5. The average molecular weight is 415 g/mol. The van der Waals surface area contributed by atoms with Gasteiger partial charge in [-0.1, -0.05) is 17.7 Å². The SMILES string of the molecule is C=CCN(Cc1ccc(Cl)s1)C(=O)c1ccc(OC)c(S(=O)(=O)NC)c1. The molecule has 0 aliphatic carbocycles. The van der Waals surface area contributed by atoms with Crippen LogP contribution in [0.5, 0.6) is 5.75 Å². The second-order valence-corrected chi connectivity index (χ2v) is 8.91. The van der Waals surface area contributed by atoms with Gasteiger partial charge in [-0.3, -0.25) is 4.79 Å². The van der Waals surface area contributed by atoms with Gasteiger partial charge in [-0.2, -0.15) is 0 Å².